The van der Waals surface area contributed by atoms with E-state index in [4.69, 9.17) is 22.7 Å². The van der Waals surface area contributed by atoms with Gasteiger partial charge in [0.2, 0.25) is 0 Å². The molecule has 0 aromatic carbocycles. The highest BCUT2D eigenvalue weighted by atomic mass is 27.3. The average molecular weight is 493 g/mol. The van der Waals surface area contributed by atoms with Gasteiger partial charge >= 0.3 is 30.3 Å². The first-order valence-corrected chi connectivity index (χ1v) is 14.5. The van der Waals surface area contributed by atoms with Crippen molar-refractivity contribution < 1.29 is 22.7 Å². The van der Waals surface area contributed by atoms with Crippen LogP contribution in [0.15, 0.2) is 0 Å². The van der Waals surface area contributed by atoms with Crippen molar-refractivity contribution in [1.29, 1.82) is 0 Å². The highest BCUT2D eigenvalue weighted by Gasteiger charge is 2.43. The van der Waals surface area contributed by atoms with Crippen LogP contribution in [0.3, 0.4) is 0 Å². The maximum Gasteiger partial charge on any atom is 0.906 e. The van der Waals surface area contributed by atoms with E-state index in [-0.39, 0.29) is 33.6 Å². The molecule has 0 bridgehead atoms. The quantitative estimate of drug-likeness (QED) is 0.379. The molecular weight excluding hydrogens is 438 g/mol. The van der Waals surface area contributed by atoms with Crippen LogP contribution in [-0.4, -0.2) is 63.9 Å². The Hall–Kier alpha value is 0.825. The third-order valence-corrected chi connectivity index (χ3v) is 8.10. The zero-order chi connectivity index (χ0) is 26.4. The highest BCUT2D eigenvalue weighted by Crippen LogP contribution is 2.21. The largest absolute Gasteiger partial charge is 0.906 e. The van der Waals surface area contributed by atoms with Crippen LogP contribution in [0.1, 0.15) is 125 Å². The smallest absolute Gasteiger partial charge is 0.450 e. The lowest BCUT2D eigenvalue weighted by Crippen LogP contribution is -2.44. The minimum atomic E-state index is -2.11. The molecule has 0 atom stereocenters. The molecule has 0 aliphatic carbocycles. The standard InChI is InChI=1S/6C4H9O.2Al/c6*1-4(2,3)5;;/h6*1-3H3;;/q6*-1;2*+3. The molecule has 0 rings (SSSR count). The molecule has 0 aromatic heterocycles. The first-order valence-electron chi connectivity index (χ1n) is 11.6. The van der Waals surface area contributed by atoms with E-state index in [1.807, 2.05) is 125 Å². The Balaban J connectivity index is 0. The van der Waals surface area contributed by atoms with Gasteiger partial charge in [-0.2, -0.15) is 0 Å². The molecule has 6 nitrogen and oxygen atoms in total. The summed E-state index contributed by atoms with van der Waals surface area (Å²) in [4.78, 5) is 0. The van der Waals surface area contributed by atoms with Crippen LogP contribution >= 0.6 is 0 Å². The number of hydrogen-bond donors (Lipinski definition) is 0. The van der Waals surface area contributed by atoms with Crippen molar-refractivity contribution in [3.05, 3.63) is 0 Å². The second-order valence-corrected chi connectivity index (χ2v) is 16.5. The van der Waals surface area contributed by atoms with E-state index in [1.54, 1.807) is 0 Å². The van der Waals surface area contributed by atoms with E-state index in [9.17, 15) is 0 Å². The monoisotopic (exact) mass is 492 g/mol. The van der Waals surface area contributed by atoms with Crippen LogP contribution in [0.4, 0.5) is 0 Å². The van der Waals surface area contributed by atoms with Gasteiger partial charge < -0.3 is 22.7 Å². The minimum Gasteiger partial charge on any atom is -0.450 e. The third-order valence-electron chi connectivity index (χ3n) is 2.70. The molecule has 8 heteroatoms. The van der Waals surface area contributed by atoms with Crippen molar-refractivity contribution in [3.8, 4) is 0 Å². The van der Waals surface area contributed by atoms with Crippen molar-refractivity contribution in [2.45, 2.75) is 158 Å². The van der Waals surface area contributed by atoms with Gasteiger partial charge in [0, 0.05) is 33.6 Å². The van der Waals surface area contributed by atoms with Gasteiger partial charge in [-0.05, 0) is 125 Å². The van der Waals surface area contributed by atoms with Crippen LogP contribution in [0, 0.1) is 0 Å². The van der Waals surface area contributed by atoms with E-state index in [1.165, 1.54) is 0 Å². The second kappa shape index (κ2) is 12.7. The zero-order valence-electron chi connectivity index (χ0n) is 24.6. The Bertz CT molecular complexity index is 387. The summed E-state index contributed by atoms with van der Waals surface area (Å²) in [5, 5.41) is 0. The van der Waals surface area contributed by atoms with Gasteiger partial charge in [-0.15, -0.1) is 0 Å². The van der Waals surface area contributed by atoms with Gasteiger partial charge in [0.15, 0.2) is 0 Å². The van der Waals surface area contributed by atoms with E-state index >= 15 is 0 Å². The van der Waals surface area contributed by atoms with Crippen LogP contribution < -0.4 is 0 Å². The second-order valence-electron chi connectivity index (χ2n) is 14.0. The topological polar surface area (TPSA) is 55.4 Å². The van der Waals surface area contributed by atoms with Crippen LogP contribution in [-0.2, 0) is 22.7 Å². The van der Waals surface area contributed by atoms with Crippen molar-refractivity contribution in [2.24, 2.45) is 0 Å². The molecule has 0 radical (unpaired) electrons. The minimum absolute atomic E-state index is 0.229. The SMILES string of the molecule is CC(C)(C)[O][Al]([O]C(C)(C)C)[O]C(C)(C)C.CC(C)(C)[O][Al]([O]C(C)(C)C)[O]C(C)(C)C. The summed E-state index contributed by atoms with van der Waals surface area (Å²) >= 11 is -4.22. The first-order chi connectivity index (χ1) is 13.6. The van der Waals surface area contributed by atoms with Gasteiger partial charge in [0.05, 0.1) is 0 Å². The predicted molar refractivity (Wildman–Crippen MR) is 137 cm³/mol. The summed E-state index contributed by atoms with van der Waals surface area (Å²) in [7, 11) is 0. The van der Waals surface area contributed by atoms with Gasteiger partial charge in [-0.3, -0.25) is 0 Å². The van der Waals surface area contributed by atoms with Crippen molar-refractivity contribution in [3.63, 3.8) is 0 Å². The van der Waals surface area contributed by atoms with Gasteiger partial charge in [0.1, 0.15) is 0 Å². The molecule has 0 amide bonds. The fourth-order valence-electron chi connectivity index (χ4n) is 1.88. The summed E-state index contributed by atoms with van der Waals surface area (Å²) < 4.78 is 35.3. The first kappa shape index (κ1) is 35.0. The molecule has 0 unspecified atom stereocenters. The third kappa shape index (κ3) is 28.9. The molecule has 0 aliphatic rings. The van der Waals surface area contributed by atoms with Crippen LogP contribution in [0.5, 0.6) is 0 Å². The highest BCUT2D eigenvalue weighted by molar-refractivity contribution is 6.37. The van der Waals surface area contributed by atoms with Gasteiger partial charge in [-0.25, -0.2) is 0 Å². The van der Waals surface area contributed by atoms with E-state index in [0.29, 0.717) is 0 Å². The summed E-state index contributed by atoms with van der Waals surface area (Å²) in [6, 6.07) is 0. The molecule has 0 aromatic rings. The number of rotatable bonds is 6. The van der Waals surface area contributed by atoms with Crippen LogP contribution in [0.2, 0.25) is 0 Å². The summed E-state index contributed by atoms with van der Waals surface area (Å²) in [6.07, 6.45) is 0. The molecule has 0 aliphatic heterocycles. The Kier molecular flexibility index (Phi) is 13.9. The molecule has 0 saturated heterocycles. The van der Waals surface area contributed by atoms with Crippen LogP contribution in [0.25, 0.3) is 0 Å². The maximum atomic E-state index is 5.88. The molecular formula is C24H54Al2O6. The average Bonchev–Trinajstić information content (AvgIpc) is 2.24. The van der Waals surface area contributed by atoms with Crippen molar-refractivity contribution in [2.75, 3.05) is 0 Å². The zero-order valence-corrected chi connectivity index (χ0v) is 26.9. The lowest BCUT2D eigenvalue weighted by Gasteiger charge is -2.33. The predicted octanol–water partition coefficient (Wildman–Crippen LogP) is 6.83. The Morgan fingerprint density at radius 1 is 0.250 bits per heavy atom. The lowest BCUT2D eigenvalue weighted by molar-refractivity contribution is -0.0518. The van der Waals surface area contributed by atoms with Crippen molar-refractivity contribution in [1.82, 2.24) is 0 Å². The molecule has 0 heterocycles. The van der Waals surface area contributed by atoms with Gasteiger partial charge in [0.25, 0.3) is 0 Å². The lowest BCUT2D eigenvalue weighted by atomic mass is 10.2. The summed E-state index contributed by atoms with van der Waals surface area (Å²) in [6.45, 7) is 36.3. The molecule has 0 spiro atoms. The van der Waals surface area contributed by atoms with Crippen molar-refractivity contribution >= 4 is 30.3 Å². The Morgan fingerprint density at radius 2 is 0.344 bits per heavy atom. The molecule has 32 heavy (non-hydrogen) atoms. The summed E-state index contributed by atoms with van der Waals surface area (Å²) in [5.74, 6) is 0. The normalized spacial score (nSPS) is 14.1. The Labute approximate surface area is 210 Å². The van der Waals surface area contributed by atoms with E-state index in [0.717, 1.165) is 0 Å². The Morgan fingerprint density at radius 3 is 0.406 bits per heavy atom. The molecule has 0 saturated carbocycles. The van der Waals surface area contributed by atoms with E-state index < -0.39 is 30.3 Å². The summed E-state index contributed by atoms with van der Waals surface area (Å²) in [5.41, 5.74) is -1.37. The number of hydrogen-bond acceptors (Lipinski definition) is 6. The molecule has 192 valence electrons. The maximum absolute atomic E-state index is 5.88. The fraction of sp³-hybridized carbons (Fsp3) is 1.00. The molecule has 0 N–H and O–H groups in total. The van der Waals surface area contributed by atoms with E-state index in [2.05, 4.69) is 0 Å². The van der Waals surface area contributed by atoms with Gasteiger partial charge in [-0.1, -0.05) is 0 Å². The molecule has 0 fully saturated rings. The fourth-order valence-corrected chi connectivity index (χ4v) is 5.63.